The van der Waals surface area contributed by atoms with E-state index in [0.29, 0.717) is 46.5 Å². The summed E-state index contributed by atoms with van der Waals surface area (Å²) in [5.41, 5.74) is 3.36. The smallest absolute Gasteiger partial charge is 0.276 e. The Kier molecular flexibility index (Phi) is 10.9. The van der Waals surface area contributed by atoms with Gasteiger partial charge in [0.1, 0.15) is 11.0 Å². The highest BCUT2D eigenvalue weighted by Gasteiger charge is 2.17. The maximum Gasteiger partial charge on any atom is 0.276 e. The summed E-state index contributed by atoms with van der Waals surface area (Å²) in [4.78, 5) is 37.3. The monoisotopic (exact) mass is 646 g/mol. The molecule has 0 aliphatic rings. The number of hydrogen-bond donors (Lipinski definition) is 2. The number of benzene rings is 2. The predicted octanol–water partition coefficient (Wildman–Crippen LogP) is 4.09. The minimum Gasteiger partial charge on any atom is -0.365 e. The largest absolute Gasteiger partial charge is 0.365 e. The Labute approximate surface area is 279 Å². The van der Waals surface area contributed by atoms with Crippen molar-refractivity contribution in [3.05, 3.63) is 129 Å². The van der Waals surface area contributed by atoms with Crippen LogP contribution in [0.5, 0.6) is 0 Å². The van der Waals surface area contributed by atoms with Gasteiger partial charge in [-0.1, -0.05) is 60.7 Å². The molecule has 12 heteroatoms. The van der Waals surface area contributed by atoms with E-state index in [1.54, 1.807) is 50.8 Å². The standard InChI is InChI=1S/2C18H21N5O/c2*1-22(2)15(13-8-5-4-6-9-13)12-20-17-16-14(10-7-11-19-16)18(24)23(3)21-17/h2*4-11,15H,12H2,1-3H3,(H,20,21)/t2*15-/m10/s1. The van der Waals surface area contributed by atoms with Crippen LogP contribution in [0.25, 0.3) is 21.8 Å². The van der Waals surface area contributed by atoms with E-state index in [4.69, 9.17) is 0 Å². The van der Waals surface area contributed by atoms with Crippen LogP contribution >= 0.6 is 0 Å². The van der Waals surface area contributed by atoms with Gasteiger partial charge in [0, 0.05) is 39.6 Å². The van der Waals surface area contributed by atoms with E-state index in [9.17, 15) is 9.59 Å². The van der Waals surface area contributed by atoms with Crippen molar-refractivity contribution in [1.29, 1.82) is 0 Å². The fraction of sp³-hybridized carbons (Fsp3) is 0.278. The molecule has 2 aromatic carbocycles. The normalized spacial score (nSPS) is 12.5. The minimum atomic E-state index is -0.143. The van der Waals surface area contributed by atoms with Crippen molar-refractivity contribution in [1.82, 2.24) is 39.3 Å². The van der Waals surface area contributed by atoms with Crippen LogP contribution in [0.2, 0.25) is 0 Å². The fourth-order valence-corrected chi connectivity index (χ4v) is 5.54. The zero-order chi connectivity index (χ0) is 34.2. The molecule has 0 saturated carbocycles. The van der Waals surface area contributed by atoms with E-state index in [-0.39, 0.29) is 23.2 Å². The number of hydrogen-bond acceptors (Lipinski definition) is 10. The van der Waals surface area contributed by atoms with Crippen LogP contribution in [0.1, 0.15) is 23.2 Å². The number of nitrogens with one attached hydrogen (secondary N) is 2. The van der Waals surface area contributed by atoms with Crippen molar-refractivity contribution in [2.24, 2.45) is 14.1 Å². The van der Waals surface area contributed by atoms with E-state index in [1.807, 2.05) is 64.6 Å². The molecule has 0 aliphatic heterocycles. The molecule has 0 saturated heterocycles. The summed E-state index contributed by atoms with van der Waals surface area (Å²) in [6, 6.07) is 28.0. The van der Waals surface area contributed by atoms with Crippen molar-refractivity contribution >= 4 is 33.4 Å². The first-order valence-electron chi connectivity index (χ1n) is 15.7. The summed E-state index contributed by atoms with van der Waals surface area (Å²) >= 11 is 0. The van der Waals surface area contributed by atoms with Crippen LogP contribution in [0.3, 0.4) is 0 Å². The van der Waals surface area contributed by atoms with Crippen LogP contribution in [-0.2, 0) is 14.1 Å². The van der Waals surface area contributed by atoms with Gasteiger partial charge >= 0.3 is 0 Å². The molecule has 48 heavy (non-hydrogen) atoms. The van der Waals surface area contributed by atoms with E-state index in [1.165, 1.54) is 20.5 Å². The van der Waals surface area contributed by atoms with Crippen LogP contribution in [0, 0.1) is 0 Å². The number of likely N-dealkylation sites (N-methyl/N-ethyl adjacent to an activating group) is 2. The van der Waals surface area contributed by atoms with Crippen molar-refractivity contribution in [2.45, 2.75) is 12.1 Å². The molecule has 2 N–H and O–H groups in total. The first kappa shape index (κ1) is 33.9. The molecule has 4 aromatic heterocycles. The molecule has 6 rings (SSSR count). The second kappa shape index (κ2) is 15.4. The quantitative estimate of drug-likeness (QED) is 0.225. The van der Waals surface area contributed by atoms with Gasteiger partial charge < -0.3 is 20.4 Å². The SMILES string of the molecule is CN(C)[C@@H](CNc1nn(C)c(=O)c2cccnc12)c1ccccc1.CN(C)[C@H](CNc1nn(C)c(=O)c2cccnc12)c1ccccc1. The Bertz CT molecular complexity index is 1930. The number of aromatic nitrogens is 6. The highest BCUT2D eigenvalue weighted by atomic mass is 16.1. The Morgan fingerprint density at radius 1 is 0.583 bits per heavy atom. The molecular weight excluding hydrogens is 604 g/mol. The van der Waals surface area contributed by atoms with Crippen molar-refractivity contribution in [3.8, 4) is 0 Å². The lowest BCUT2D eigenvalue weighted by Gasteiger charge is -2.25. The fourth-order valence-electron chi connectivity index (χ4n) is 5.54. The van der Waals surface area contributed by atoms with Gasteiger partial charge in [-0.3, -0.25) is 19.6 Å². The van der Waals surface area contributed by atoms with Crippen molar-refractivity contribution < 1.29 is 0 Å². The maximum atomic E-state index is 12.2. The van der Waals surface area contributed by atoms with Gasteiger partial charge in [-0.15, -0.1) is 0 Å². The van der Waals surface area contributed by atoms with E-state index < -0.39 is 0 Å². The summed E-state index contributed by atoms with van der Waals surface area (Å²) in [6.45, 7) is 1.32. The number of pyridine rings is 2. The first-order valence-corrected chi connectivity index (χ1v) is 15.7. The number of nitrogens with zero attached hydrogens (tertiary/aromatic N) is 8. The third kappa shape index (κ3) is 7.73. The van der Waals surface area contributed by atoms with Gasteiger partial charge in [0.15, 0.2) is 11.6 Å². The molecule has 0 bridgehead atoms. The molecule has 4 heterocycles. The van der Waals surface area contributed by atoms with E-state index in [2.05, 4.69) is 64.9 Å². The number of aryl methyl sites for hydroxylation is 2. The molecule has 2 atom stereocenters. The maximum absolute atomic E-state index is 12.2. The molecule has 0 fully saturated rings. The molecule has 248 valence electrons. The summed E-state index contributed by atoms with van der Waals surface area (Å²) in [7, 11) is 11.5. The van der Waals surface area contributed by atoms with E-state index in [0.717, 1.165) is 0 Å². The van der Waals surface area contributed by atoms with Gasteiger partial charge in [-0.2, -0.15) is 10.2 Å². The average Bonchev–Trinajstić information content (AvgIpc) is 3.10. The van der Waals surface area contributed by atoms with Gasteiger partial charge in [0.25, 0.3) is 11.1 Å². The van der Waals surface area contributed by atoms with Crippen LogP contribution in [-0.4, -0.2) is 80.6 Å². The molecule has 0 spiro atoms. The molecule has 12 nitrogen and oxygen atoms in total. The third-order valence-electron chi connectivity index (χ3n) is 8.15. The van der Waals surface area contributed by atoms with Gasteiger partial charge in [0.2, 0.25) is 0 Å². The lowest BCUT2D eigenvalue weighted by Crippen LogP contribution is -2.28. The predicted molar refractivity (Wildman–Crippen MR) is 192 cm³/mol. The molecule has 0 unspecified atom stereocenters. The van der Waals surface area contributed by atoms with Gasteiger partial charge in [-0.05, 0) is 63.6 Å². The topological polar surface area (TPSA) is 126 Å². The second-order valence-electron chi connectivity index (χ2n) is 11.9. The average molecular weight is 647 g/mol. The molecule has 0 amide bonds. The zero-order valence-electron chi connectivity index (χ0n) is 28.2. The van der Waals surface area contributed by atoms with Crippen LogP contribution in [0.4, 0.5) is 11.6 Å². The number of rotatable bonds is 10. The Morgan fingerprint density at radius 3 is 1.31 bits per heavy atom. The summed E-state index contributed by atoms with van der Waals surface area (Å²) in [5.74, 6) is 1.24. The lowest BCUT2D eigenvalue weighted by atomic mass is 10.1. The Morgan fingerprint density at radius 2 is 0.958 bits per heavy atom. The van der Waals surface area contributed by atoms with Gasteiger partial charge in [-0.25, -0.2) is 9.36 Å². The molecule has 0 aliphatic carbocycles. The van der Waals surface area contributed by atoms with Crippen LogP contribution < -0.4 is 21.8 Å². The molecule has 0 radical (unpaired) electrons. The summed E-state index contributed by atoms with van der Waals surface area (Å²) in [5, 5.41) is 16.5. The highest BCUT2D eigenvalue weighted by molar-refractivity contribution is 5.87. The third-order valence-corrected chi connectivity index (χ3v) is 8.15. The van der Waals surface area contributed by atoms with Crippen molar-refractivity contribution in [3.63, 3.8) is 0 Å². The highest BCUT2D eigenvalue weighted by Crippen LogP contribution is 2.22. The first-order chi connectivity index (χ1) is 23.2. The van der Waals surface area contributed by atoms with Gasteiger partial charge in [0.05, 0.1) is 22.9 Å². The Balaban J connectivity index is 0.000000188. The van der Waals surface area contributed by atoms with Crippen LogP contribution in [0.15, 0.2) is 107 Å². The zero-order valence-corrected chi connectivity index (χ0v) is 28.2. The summed E-state index contributed by atoms with van der Waals surface area (Å²) in [6.07, 6.45) is 3.35. The second-order valence-corrected chi connectivity index (χ2v) is 11.9. The lowest BCUT2D eigenvalue weighted by molar-refractivity contribution is 0.311. The Hall–Kier alpha value is -5.46. The number of fused-ring (bicyclic) bond motifs is 2. The summed E-state index contributed by atoms with van der Waals surface area (Å²) < 4.78 is 2.69. The number of anilines is 2. The van der Waals surface area contributed by atoms with Crippen molar-refractivity contribution in [2.75, 3.05) is 51.9 Å². The minimum absolute atomic E-state index is 0.143. The molecular formula is C36H42N10O2. The molecule has 6 aromatic rings. The van der Waals surface area contributed by atoms with E-state index >= 15 is 0 Å².